The number of imide groups is 1. The second-order valence-electron chi connectivity index (χ2n) is 8.68. The number of hydrogen-bond donors (Lipinski definition) is 1. The first-order chi connectivity index (χ1) is 17.2. The zero-order valence-corrected chi connectivity index (χ0v) is 19.5. The maximum atomic E-state index is 13.3. The molecule has 0 spiro atoms. The van der Waals surface area contributed by atoms with E-state index in [9.17, 15) is 23.6 Å². The third kappa shape index (κ3) is 3.98. The molecule has 3 aromatic carbocycles. The van der Waals surface area contributed by atoms with E-state index in [1.54, 1.807) is 61.5 Å². The molecule has 9 heteroatoms. The Morgan fingerprint density at radius 2 is 1.64 bits per heavy atom. The number of fused-ring (bicyclic) bond motifs is 2. The van der Waals surface area contributed by atoms with Crippen LogP contribution in [0.3, 0.4) is 0 Å². The lowest BCUT2D eigenvalue weighted by atomic mass is 10.1. The summed E-state index contributed by atoms with van der Waals surface area (Å²) in [4.78, 5) is 53.9. The summed E-state index contributed by atoms with van der Waals surface area (Å²) in [6.45, 7) is 3.30. The molecule has 0 bridgehead atoms. The number of hydrogen-bond acceptors (Lipinski definition) is 5. The maximum absolute atomic E-state index is 13.3. The number of halogens is 1. The van der Waals surface area contributed by atoms with Crippen LogP contribution in [0, 0.1) is 5.82 Å². The smallest absolute Gasteiger partial charge is 0.268 e. The third-order valence-corrected chi connectivity index (χ3v) is 6.28. The zero-order chi connectivity index (χ0) is 25.6. The van der Waals surface area contributed by atoms with Crippen LogP contribution in [0.2, 0.25) is 0 Å². The van der Waals surface area contributed by atoms with Gasteiger partial charge in [0.1, 0.15) is 17.6 Å². The molecule has 0 aromatic heterocycles. The van der Waals surface area contributed by atoms with Gasteiger partial charge in [-0.15, -0.1) is 0 Å². The van der Waals surface area contributed by atoms with Crippen LogP contribution >= 0.6 is 0 Å². The van der Waals surface area contributed by atoms with Crippen LogP contribution in [0.25, 0.3) is 0 Å². The molecule has 36 heavy (non-hydrogen) atoms. The molecular weight excluding hydrogens is 465 g/mol. The van der Waals surface area contributed by atoms with Gasteiger partial charge in [-0.3, -0.25) is 24.1 Å². The molecule has 2 atom stereocenters. The Bertz CT molecular complexity index is 1370. The molecular formula is C27H22FN3O5. The summed E-state index contributed by atoms with van der Waals surface area (Å²) in [5.74, 6) is -1.82. The molecule has 0 saturated carbocycles. The Morgan fingerprint density at radius 3 is 2.28 bits per heavy atom. The monoisotopic (exact) mass is 487 g/mol. The minimum absolute atomic E-state index is 0.183. The lowest BCUT2D eigenvalue weighted by Gasteiger charge is -2.33. The van der Waals surface area contributed by atoms with Gasteiger partial charge < -0.3 is 15.0 Å². The summed E-state index contributed by atoms with van der Waals surface area (Å²) in [5, 5.41) is 2.73. The van der Waals surface area contributed by atoms with Gasteiger partial charge >= 0.3 is 0 Å². The van der Waals surface area contributed by atoms with Crippen LogP contribution in [-0.2, 0) is 16.1 Å². The number of amides is 4. The molecule has 3 aromatic rings. The molecule has 4 amide bonds. The first-order valence-electron chi connectivity index (χ1n) is 11.4. The molecule has 2 heterocycles. The van der Waals surface area contributed by atoms with Gasteiger partial charge in [0.15, 0.2) is 6.10 Å². The SMILES string of the molecule is CC1Oc2ccc(NC(=O)C(C)N3C(=O)c4ccccc4C3=O)cc2N(Cc2ccc(F)cc2)C1=O. The predicted octanol–water partition coefficient (Wildman–Crippen LogP) is 3.76. The highest BCUT2D eigenvalue weighted by atomic mass is 19.1. The number of carbonyl (C=O) groups is 4. The molecule has 2 aliphatic rings. The van der Waals surface area contributed by atoms with Crippen molar-refractivity contribution in [1.29, 1.82) is 0 Å². The zero-order valence-electron chi connectivity index (χ0n) is 19.5. The van der Waals surface area contributed by atoms with Crippen molar-refractivity contribution < 1.29 is 28.3 Å². The minimum atomic E-state index is -1.07. The van der Waals surface area contributed by atoms with Crippen molar-refractivity contribution in [2.24, 2.45) is 0 Å². The number of rotatable bonds is 5. The summed E-state index contributed by atoms with van der Waals surface area (Å²) in [7, 11) is 0. The van der Waals surface area contributed by atoms with Crippen LogP contribution in [-0.4, -0.2) is 40.7 Å². The average Bonchev–Trinajstić information content (AvgIpc) is 3.13. The molecule has 182 valence electrons. The fourth-order valence-corrected chi connectivity index (χ4v) is 4.34. The van der Waals surface area contributed by atoms with E-state index in [0.717, 1.165) is 10.5 Å². The Hall–Kier alpha value is -4.53. The highest BCUT2D eigenvalue weighted by Gasteiger charge is 2.40. The van der Waals surface area contributed by atoms with Crippen molar-refractivity contribution in [2.45, 2.75) is 32.5 Å². The Kier molecular flexibility index (Phi) is 5.75. The molecule has 0 aliphatic carbocycles. The van der Waals surface area contributed by atoms with E-state index in [1.165, 1.54) is 24.0 Å². The Balaban J connectivity index is 1.38. The first-order valence-corrected chi connectivity index (χ1v) is 11.4. The van der Waals surface area contributed by atoms with Gasteiger partial charge in [-0.25, -0.2) is 4.39 Å². The quantitative estimate of drug-likeness (QED) is 0.553. The molecule has 1 N–H and O–H groups in total. The Labute approximate surface area is 206 Å². The lowest BCUT2D eigenvalue weighted by molar-refractivity contribution is -0.125. The van der Waals surface area contributed by atoms with E-state index < -0.39 is 29.9 Å². The van der Waals surface area contributed by atoms with Gasteiger partial charge in [-0.05, 0) is 61.9 Å². The fourth-order valence-electron chi connectivity index (χ4n) is 4.34. The van der Waals surface area contributed by atoms with Crippen molar-refractivity contribution in [2.75, 3.05) is 10.2 Å². The van der Waals surface area contributed by atoms with E-state index in [1.807, 2.05) is 0 Å². The number of nitrogens with zero attached hydrogens (tertiary/aromatic N) is 2. The van der Waals surface area contributed by atoms with E-state index >= 15 is 0 Å². The maximum Gasteiger partial charge on any atom is 0.268 e. The molecule has 2 aliphatic heterocycles. The van der Waals surface area contributed by atoms with E-state index in [0.29, 0.717) is 17.1 Å². The van der Waals surface area contributed by atoms with Crippen LogP contribution in [0.5, 0.6) is 5.75 Å². The second-order valence-corrected chi connectivity index (χ2v) is 8.68. The number of anilines is 2. The standard InChI is InChI=1S/C27H22FN3O5/c1-15(31-26(34)20-5-3-4-6-21(20)27(31)35)24(32)29-19-11-12-23-22(13-19)30(25(33)16(2)36-23)14-17-7-9-18(28)10-8-17/h3-13,15-16H,14H2,1-2H3,(H,29,32). The summed E-state index contributed by atoms with van der Waals surface area (Å²) in [6.07, 6.45) is -0.716. The van der Waals surface area contributed by atoms with Crippen molar-refractivity contribution in [1.82, 2.24) is 4.90 Å². The Morgan fingerprint density at radius 1 is 1.00 bits per heavy atom. The third-order valence-electron chi connectivity index (χ3n) is 6.28. The van der Waals surface area contributed by atoms with Crippen molar-refractivity contribution in [3.05, 3.63) is 89.2 Å². The summed E-state index contributed by atoms with van der Waals surface area (Å²) < 4.78 is 19.1. The number of carbonyl (C=O) groups excluding carboxylic acids is 4. The second kappa shape index (κ2) is 8.92. The molecule has 0 radical (unpaired) electrons. The minimum Gasteiger partial charge on any atom is -0.479 e. The lowest BCUT2D eigenvalue weighted by Crippen LogP contribution is -2.45. The molecule has 0 saturated heterocycles. The van der Waals surface area contributed by atoms with Crippen LogP contribution in [0.1, 0.15) is 40.1 Å². The van der Waals surface area contributed by atoms with Crippen LogP contribution in [0.4, 0.5) is 15.8 Å². The largest absolute Gasteiger partial charge is 0.479 e. The van der Waals surface area contributed by atoms with E-state index in [2.05, 4.69) is 5.32 Å². The van der Waals surface area contributed by atoms with Gasteiger partial charge in [0.05, 0.1) is 23.4 Å². The van der Waals surface area contributed by atoms with Gasteiger partial charge in [0.25, 0.3) is 17.7 Å². The van der Waals surface area contributed by atoms with Crippen LogP contribution in [0.15, 0.2) is 66.7 Å². The normalized spacial score (nSPS) is 17.4. The molecule has 5 rings (SSSR count). The fraction of sp³-hybridized carbons (Fsp3) is 0.185. The van der Waals surface area contributed by atoms with E-state index in [4.69, 9.17) is 4.74 Å². The van der Waals surface area contributed by atoms with Gasteiger partial charge in [0, 0.05) is 5.69 Å². The van der Waals surface area contributed by atoms with Gasteiger partial charge in [-0.2, -0.15) is 0 Å². The van der Waals surface area contributed by atoms with Crippen molar-refractivity contribution in [3.63, 3.8) is 0 Å². The van der Waals surface area contributed by atoms with Gasteiger partial charge in [-0.1, -0.05) is 24.3 Å². The van der Waals surface area contributed by atoms with Crippen LogP contribution < -0.4 is 15.0 Å². The number of nitrogens with one attached hydrogen (secondary N) is 1. The highest BCUT2D eigenvalue weighted by molar-refractivity contribution is 6.23. The average molecular weight is 487 g/mol. The number of ether oxygens (including phenoxy) is 1. The van der Waals surface area contributed by atoms with Gasteiger partial charge in [0.2, 0.25) is 5.91 Å². The molecule has 0 fully saturated rings. The predicted molar refractivity (Wildman–Crippen MR) is 129 cm³/mol. The molecule has 2 unspecified atom stereocenters. The van der Waals surface area contributed by atoms with E-state index in [-0.39, 0.29) is 29.4 Å². The highest BCUT2D eigenvalue weighted by Crippen LogP contribution is 2.37. The first kappa shape index (κ1) is 23.2. The summed E-state index contributed by atoms with van der Waals surface area (Å²) in [5.41, 5.74) is 2.04. The molecule has 8 nitrogen and oxygen atoms in total. The topological polar surface area (TPSA) is 96.0 Å². The van der Waals surface area contributed by atoms with Crippen molar-refractivity contribution >= 4 is 35.0 Å². The summed E-state index contributed by atoms with van der Waals surface area (Å²) in [6, 6.07) is 16.0. The number of benzene rings is 3. The summed E-state index contributed by atoms with van der Waals surface area (Å²) >= 11 is 0. The van der Waals surface area contributed by atoms with Crippen molar-refractivity contribution in [3.8, 4) is 5.75 Å².